The molecule has 1 heterocycles. The van der Waals surface area contributed by atoms with Crippen LogP contribution in [0.1, 0.15) is 97.5 Å². The normalized spacial score (nSPS) is 41.9. The Bertz CT molecular complexity index is 1140. The molecule has 0 saturated heterocycles. The van der Waals surface area contributed by atoms with E-state index in [0.717, 1.165) is 57.7 Å². The highest BCUT2D eigenvalue weighted by Gasteiger charge is 2.64. The summed E-state index contributed by atoms with van der Waals surface area (Å²) in [7, 11) is 0. The van der Waals surface area contributed by atoms with Crippen LogP contribution in [-0.4, -0.2) is 52.3 Å². The molecule has 6 rings (SSSR count). The zero-order valence-corrected chi connectivity index (χ0v) is 26.5. The maximum absolute atomic E-state index is 13.1. The number of amides is 1. The summed E-state index contributed by atoms with van der Waals surface area (Å²) >= 11 is 0. The molecule has 1 aliphatic heterocycles. The maximum Gasteiger partial charge on any atom is 0.226 e. The number of carbonyl (C=O) groups excluding carboxylic acids is 1. The monoisotopic (exact) mass is 577 g/mol. The van der Waals surface area contributed by atoms with Crippen LogP contribution in [0, 0.1) is 52.3 Å². The first-order valence-corrected chi connectivity index (χ1v) is 17.1. The van der Waals surface area contributed by atoms with Gasteiger partial charge in [-0.3, -0.25) is 15.1 Å². The minimum Gasteiger partial charge on any atom is -0.393 e. The van der Waals surface area contributed by atoms with Gasteiger partial charge in [0.1, 0.15) is 0 Å². The maximum atomic E-state index is 13.1. The minimum absolute atomic E-state index is 0.0795. The predicted molar refractivity (Wildman–Crippen MR) is 167 cm³/mol. The lowest BCUT2D eigenvalue weighted by Crippen LogP contribution is -2.62. The van der Waals surface area contributed by atoms with Gasteiger partial charge in [-0.1, -0.05) is 64.4 Å². The molecule has 0 aromatic heterocycles. The molecule has 11 atom stereocenters. The van der Waals surface area contributed by atoms with Crippen LogP contribution in [0.3, 0.4) is 0 Å². The number of aliphatic imine (C=N–C) groups is 1. The van der Waals surface area contributed by atoms with E-state index >= 15 is 0 Å². The van der Waals surface area contributed by atoms with Crippen molar-refractivity contribution >= 4 is 11.9 Å². The smallest absolute Gasteiger partial charge is 0.226 e. The molecule has 4 fully saturated rings. The number of rotatable bonds is 7. The number of carbonyl (C=O) groups is 1. The number of hydrogen-bond donors (Lipinski definition) is 3. The largest absolute Gasteiger partial charge is 0.393 e. The molecule has 0 radical (unpaired) electrons. The van der Waals surface area contributed by atoms with Gasteiger partial charge in [0, 0.05) is 19.5 Å². The molecule has 42 heavy (non-hydrogen) atoms. The standard InChI is InChI=1S/C36H55N3O3/c1-5-26-30-21-25(40)15-17-36(30,4)29-16-18-35(3)27(12-13-28(35)32(29)33(26)42)23(2)11-14-31(41)38-34-37-19-20-39(34)22-24-9-7-6-8-10-24/h6-10,23,25-30,32-33,40,42H,5,11-22H2,1-4H3,(H,37,38,41)/t23-,25-,26-,27?,28+,29+,30?,32+,33-,35?,36?/m1/s1. The molecule has 1 amide bonds. The molecule has 4 aliphatic carbocycles. The van der Waals surface area contributed by atoms with E-state index < -0.39 is 0 Å². The zero-order valence-electron chi connectivity index (χ0n) is 26.5. The van der Waals surface area contributed by atoms with Crippen LogP contribution >= 0.6 is 0 Å². The summed E-state index contributed by atoms with van der Waals surface area (Å²) in [6, 6.07) is 10.4. The average molecular weight is 578 g/mol. The van der Waals surface area contributed by atoms with Gasteiger partial charge in [0.2, 0.25) is 11.9 Å². The lowest BCUT2D eigenvalue weighted by Gasteiger charge is -2.64. The summed E-state index contributed by atoms with van der Waals surface area (Å²) in [6.07, 6.45) is 9.75. The first-order valence-electron chi connectivity index (χ1n) is 17.1. The summed E-state index contributed by atoms with van der Waals surface area (Å²) < 4.78 is 0. The molecular weight excluding hydrogens is 522 g/mol. The molecule has 5 aliphatic rings. The Balaban J connectivity index is 1.08. The van der Waals surface area contributed by atoms with Crippen LogP contribution in [0.4, 0.5) is 0 Å². The highest BCUT2D eigenvalue weighted by molar-refractivity contribution is 5.97. The van der Waals surface area contributed by atoms with Gasteiger partial charge >= 0.3 is 0 Å². The molecule has 4 unspecified atom stereocenters. The van der Waals surface area contributed by atoms with Gasteiger partial charge < -0.3 is 15.1 Å². The van der Waals surface area contributed by atoms with Crippen molar-refractivity contribution in [1.82, 2.24) is 10.2 Å². The van der Waals surface area contributed by atoms with Gasteiger partial charge in [0.15, 0.2) is 0 Å². The first kappa shape index (κ1) is 30.1. The van der Waals surface area contributed by atoms with Gasteiger partial charge in [0.25, 0.3) is 0 Å². The Labute approximate surface area is 253 Å². The third-order valence-electron chi connectivity index (χ3n) is 13.4. The van der Waals surface area contributed by atoms with Crippen molar-refractivity contribution in [3.63, 3.8) is 0 Å². The van der Waals surface area contributed by atoms with Crippen LogP contribution in [0.25, 0.3) is 0 Å². The third kappa shape index (κ3) is 5.23. The Kier molecular flexibility index (Phi) is 8.52. The summed E-state index contributed by atoms with van der Waals surface area (Å²) in [5, 5.41) is 25.7. The van der Waals surface area contributed by atoms with Crippen LogP contribution < -0.4 is 5.32 Å². The Hall–Kier alpha value is -1.92. The quantitative estimate of drug-likeness (QED) is 0.370. The van der Waals surface area contributed by atoms with Gasteiger partial charge in [-0.05, 0) is 109 Å². The van der Waals surface area contributed by atoms with Crippen LogP contribution in [0.2, 0.25) is 0 Å². The number of aliphatic hydroxyl groups excluding tert-OH is 2. The van der Waals surface area contributed by atoms with Crippen molar-refractivity contribution in [1.29, 1.82) is 0 Å². The van der Waals surface area contributed by atoms with E-state index in [0.29, 0.717) is 47.8 Å². The Morgan fingerprint density at radius 1 is 1.05 bits per heavy atom. The van der Waals surface area contributed by atoms with E-state index in [-0.39, 0.29) is 28.9 Å². The highest BCUT2D eigenvalue weighted by atomic mass is 16.3. The van der Waals surface area contributed by atoms with E-state index in [4.69, 9.17) is 0 Å². The summed E-state index contributed by atoms with van der Waals surface area (Å²) in [5.74, 6) is 4.12. The van der Waals surface area contributed by atoms with Crippen LogP contribution in [0.5, 0.6) is 0 Å². The number of fused-ring (bicyclic) bond motifs is 5. The Morgan fingerprint density at radius 2 is 1.79 bits per heavy atom. The first-order chi connectivity index (χ1) is 20.2. The van der Waals surface area contributed by atoms with E-state index in [9.17, 15) is 15.0 Å². The lowest BCUT2D eigenvalue weighted by molar-refractivity contribution is -0.203. The van der Waals surface area contributed by atoms with Crippen molar-refractivity contribution in [2.75, 3.05) is 13.1 Å². The fourth-order valence-corrected chi connectivity index (χ4v) is 11.2. The molecule has 3 N–H and O–H groups in total. The number of guanidine groups is 1. The van der Waals surface area contributed by atoms with Crippen molar-refractivity contribution in [2.24, 2.45) is 57.2 Å². The second-order valence-electron chi connectivity index (χ2n) is 15.3. The summed E-state index contributed by atoms with van der Waals surface area (Å²) in [4.78, 5) is 19.9. The number of nitrogens with one attached hydrogen (secondary N) is 1. The minimum atomic E-state index is -0.251. The molecule has 0 bridgehead atoms. The molecule has 4 saturated carbocycles. The average Bonchev–Trinajstić information content (AvgIpc) is 3.56. The van der Waals surface area contributed by atoms with Crippen LogP contribution in [0.15, 0.2) is 35.3 Å². The SMILES string of the molecule is CC[C@@H]1C2C[C@H](O)CCC2(C)[C@H]2CCC3(C)C([C@H](C)CCC(=O)NC4=NCCN4Cc4ccccc4)CC[C@H]3[C@@H]2[C@@H]1O. The van der Waals surface area contributed by atoms with E-state index in [2.05, 4.69) is 67.2 Å². The van der Waals surface area contributed by atoms with Gasteiger partial charge in [-0.2, -0.15) is 0 Å². The molecule has 1 aromatic rings. The van der Waals surface area contributed by atoms with E-state index in [1.165, 1.54) is 31.2 Å². The molecule has 6 nitrogen and oxygen atoms in total. The molecule has 0 spiro atoms. The third-order valence-corrected chi connectivity index (χ3v) is 13.4. The fraction of sp³-hybridized carbons (Fsp3) is 0.778. The van der Waals surface area contributed by atoms with Crippen molar-refractivity contribution in [2.45, 2.75) is 111 Å². The number of benzene rings is 1. The van der Waals surface area contributed by atoms with Gasteiger partial charge in [0.05, 0.1) is 18.8 Å². The molecular formula is C36H55N3O3. The van der Waals surface area contributed by atoms with Gasteiger partial charge in [-0.25, -0.2) is 0 Å². The topological polar surface area (TPSA) is 85.2 Å². The number of aliphatic hydroxyl groups is 2. The molecule has 6 heteroatoms. The molecule has 232 valence electrons. The van der Waals surface area contributed by atoms with Crippen molar-refractivity contribution in [3.8, 4) is 0 Å². The van der Waals surface area contributed by atoms with Crippen molar-refractivity contribution in [3.05, 3.63) is 35.9 Å². The number of hydrogen-bond acceptors (Lipinski definition) is 5. The van der Waals surface area contributed by atoms with Crippen LogP contribution in [-0.2, 0) is 11.3 Å². The van der Waals surface area contributed by atoms with E-state index in [1.807, 2.05) is 6.07 Å². The summed E-state index contributed by atoms with van der Waals surface area (Å²) in [5.41, 5.74) is 1.70. The second kappa shape index (κ2) is 11.9. The highest BCUT2D eigenvalue weighted by Crippen LogP contribution is 2.69. The zero-order chi connectivity index (χ0) is 29.6. The Morgan fingerprint density at radius 3 is 2.55 bits per heavy atom. The van der Waals surface area contributed by atoms with E-state index in [1.54, 1.807) is 0 Å². The lowest BCUT2D eigenvalue weighted by atomic mass is 9.41. The van der Waals surface area contributed by atoms with Crippen molar-refractivity contribution < 1.29 is 15.0 Å². The predicted octanol–water partition coefficient (Wildman–Crippen LogP) is 6.02. The molecule has 1 aromatic carbocycles. The summed E-state index contributed by atoms with van der Waals surface area (Å²) in [6.45, 7) is 12.0. The fourth-order valence-electron chi connectivity index (χ4n) is 11.2. The number of nitrogens with zero attached hydrogens (tertiary/aromatic N) is 2. The van der Waals surface area contributed by atoms with Gasteiger partial charge in [-0.15, -0.1) is 0 Å². The second-order valence-corrected chi connectivity index (χ2v) is 15.3.